The molecule has 0 saturated heterocycles. The van der Waals surface area contributed by atoms with Crippen LogP contribution in [0.15, 0.2) is 30.3 Å². The average Bonchev–Trinajstić information content (AvgIpc) is 2.48. The molecule has 1 atom stereocenters. The van der Waals surface area contributed by atoms with Crippen molar-refractivity contribution in [2.45, 2.75) is 20.0 Å². The first kappa shape index (κ1) is 15.7. The first-order chi connectivity index (χ1) is 9.99. The van der Waals surface area contributed by atoms with Crippen LogP contribution in [0.5, 0.6) is 11.5 Å². The average molecular weight is 307 g/mol. The third-order valence-corrected chi connectivity index (χ3v) is 3.91. The summed E-state index contributed by atoms with van der Waals surface area (Å²) in [6.07, 6.45) is -0.849. The molecule has 0 amide bonds. The molecule has 0 fully saturated rings. The number of benzene rings is 2. The van der Waals surface area contributed by atoms with Gasteiger partial charge in [-0.3, -0.25) is 0 Å². The number of aliphatic hydroxyl groups is 1. The number of hydrogen-bond acceptors (Lipinski definition) is 3. The van der Waals surface area contributed by atoms with Gasteiger partial charge in [-0.15, -0.1) is 0 Å². The maximum absolute atomic E-state index is 10.7. The van der Waals surface area contributed by atoms with Gasteiger partial charge in [-0.25, -0.2) is 0 Å². The summed E-state index contributed by atoms with van der Waals surface area (Å²) in [4.78, 5) is 0. The van der Waals surface area contributed by atoms with Gasteiger partial charge in [0.2, 0.25) is 0 Å². The highest BCUT2D eigenvalue weighted by Gasteiger charge is 2.21. The Morgan fingerprint density at radius 2 is 1.67 bits per heavy atom. The fraction of sp³-hybridized carbons (Fsp3) is 0.294. The first-order valence-electron chi connectivity index (χ1n) is 6.65. The van der Waals surface area contributed by atoms with Gasteiger partial charge in [-0.2, -0.15) is 0 Å². The van der Waals surface area contributed by atoms with Crippen molar-refractivity contribution < 1.29 is 14.6 Å². The van der Waals surface area contributed by atoms with Crippen molar-refractivity contribution in [1.82, 2.24) is 0 Å². The van der Waals surface area contributed by atoms with Gasteiger partial charge in [0.1, 0.15) is 17.6 Å². The van der Waals surface area contributed by atoms with Gasteiger partial charge in [0.05, 0.1) is 19.2 Å². The van der Waals surface area contributed by atoms with Crippen LogP contribution < -0.4 is 9.47 Å². The molecule has 3 nitrogen and oxygen atoms in total. The van der Waals surface area contributed by atoms with Crippen molar-refractivity contribution in [3.8, 4) is 11.5 Å². The minimum absolute atomic E-state index is 0.481. The molecule has 21 heavy (non-hydrogen) atoms. The van der Waals surface area contributed by atoms with Gasteiger partial charge in [0.15, 0.2) is 0 Å². The van der Waals surface area contributed by atoms with E-state index in [2.05, 4.69) is 0 Å². The molecular weight excluding hydrogens is 288 g/mol. The molecular formula is C17H19ClO3. The molecule has 0 aliphatic heterocycles. The number of hydrogen-bond donors (Lipinski definition) is 1. The number of ether oxygens (including phenoxy) is 2. The number of halogens is 1. The predicted octanol–water partition coefficient (Wildman–Crippen LogP) is 4.06. The molecule has 1 N–H and O–H groups in total. The van der Waals surface area contributed by atoms with Crippen molar-refractivity contribution in [3.63, 3.8) is 0 Å². The van der Waals surface area contributed by atoms with Crippen LogP contribution >= 0.6 is 11.6 Å². The molecule has 2 aromatic carbocycles. The van der Waals surface area contributed by atoms with E-state index < -0.39 is 6.10 Å². The quantitative estimate of drug-likeness (QED) is 0.926. The summed E-state index contributed by atoms with van der Waals surface area (Å²) < 4.78 is 10.6. The normalized spacial score (nSPS) is 12.1. The van der Waals surface area contributed by atoms with Gasteiger partial charge in [-0.1, -0.05) is 17.7 Å². The number of methoxy groups -OCH3 is 2. The third-order valence-electron chi connectivity index (χ3n) is 3.58. The van der Waals surface area contributed by atoms with Crippen LogP contribution in [0.25, 0.3) is 0 Å². The fourth-order valence-corrected chi connectivity index (χ4v) is 2.71. The molecule has 1 unspecified atom stereocenters. The van der Waals surface area contributed by atoms with Gasteiger partial charge in [0.25, 0.3) is 0 Å². The summed E-state index contributed by atoms with van der Waals surface area (Å²) in [7, 11) is 3.20. The Morgan fingerprint density at radius 3 is 2.29 bits per heavy atom. The molecule has 2 rings (SSSR count). The zero-order valence-electron chi connectivity index (χ0n) is 12.6. The Bertz CT molecular complexity index is 653. The van der Waals surface area contributed by atoms with Crippen molar-refractivity contribution in [1.29, 1.82) is 0 Å². The summed E-state index contributed by atoms with van der Waals surface area (Å²) in [5.74, 6) is 1.37. The SMILES string of the molecule is COc1cc(C)c(C(O)c2c(Cl)cccc2OC)cc1C. The largest absolute Gasteiger partial charge is 0.496 e. The smallest absolute Gasteiger partial charge is 0.126 e. The van der Waals surface area contributed by atoms with E-state index in [1.54, 1.807) is 32.4 Å². The van der Waals surface area contributed by atoms with Crippen LogP contribution in [-0.2, 0) is 0 Å². The monoisotopic (exact) mass is 306 g/mol. The number of rotatable bonds is 4. The van der Waals surface area contributed by atoms with Crippen LogP contribution in [0, 0.1) is 13.8 Å². The number of aliphatic hydroxyl groups excluding tert-OH is 1. The Hall–Kier alpha value is -1.71. The van der Waals surface area contributed by atoms with Crippen LogP contribution in [0.2, 0.25) is 5.02 Å². The van der Waals surface area contributed by atoms with E-state index in [-0.39, 0.29) is 0 Å². The molecule has 2 aromatic rings. The summed E-state index contributed by atoms with van der Waals surface area (Å²) in [5, 5.41) is 11.2. The van der Waals surface area contributed by atoms with Crippen molar-refractivity contribution in [2.24, 2.45) is 0 Å². The maximum Gasteiger partial charge on any atom is 0.126 e. The topological polar surface area (TPSA) is 38.7 Å². The highest BCUT2D eigenvalue weighted by molar-refractivity contribution is 6.31. The van der Waals surface area contributed by atoms with Crippen LogP contribution in [0.4, 0.5) is 0 Å². The highest BCUT2D eigenvalue weighted by Crippen LogP contribution is 2.38. The molecule has 0 saturated carbocycles. The highest BCUT2D eigenvalue weighted by atomic mass is 35.5. The van der Waals surface area contributed by atoms with Gasteiger partial charge in [0, 0.05) is 5.56 Å². The second-order valence-corrected chi connectivity index (χ2v) is 5.34. The van der Waals surface area contributed by atoms with E-state index in [1.807, 2.05) is 26.0 Å². The maximum atomic E-state index is 10.7. The molecule has 4 heteroatoms. The van der Waals surface area contributed by atoms with Crippen LogP contribution in [0.3, 0.4) is 0 Å². The van der Waals surface area contributed by atoms with E-state index >= 15 is 0 Å². The molecule has 0 spiro atoms. The molecule has 0 radical (unpaired) electrons. The molecule has 0 heterocycles. The second-order valence-electron chi connectivity index (χ2n) is 4.94. The van der Waals surface area contributed by atoms with Crippen LogP contribution in [-0.4, -0.2) is 19.3 Å². The Kier molecular flexibility index (Phi) is 4.76. The van der Waals surface area contributed by atoms with E-state index in [9.17, 15) is 5.11 Å². The summed E-state index contributed by atoms with van der Waals surface area (Å²) in [5.41, 5.74) is 3.27. The minimum Gasteiger partial charge on any atom is -0.496 e. The Balaban J connectivity index is 2.55. The standard InChI is InChI=1S/C17H19ClO3/c1-10-9-15(21-4)11(2)8-12(10)17(19)16-13(18)6-5-7-14(16)20-3/h5-9,17,19H,1-4H3. The lowest BCUT2D eigenvalue weighted by Gasteiger charge is -2.20. The zero-order chi connectivity index (χ0) is 15.6. The summed E-state index contributed by atoms with van der Waals surface area (Å²) in [6, 6.07) is 9.16. The summed E-state index contributed by atoms with van der Waals surface area (Å²) in [6.45, 7) is 3.88. The molecule has 112 valence electrons. The Morgan fingerprint density at radius 1 is 1.00 bits per heavy atom. The van der Waals surface area contributed by atoms with E-state index in [1.165, 1.54) is 0 Å². The zero-order valence-corrected chi connectivity index (χ0v) is 13.4. The Labute approximate surface area is 130 Å². The summed E-state index contributed by atoms with van der Waals surface area (Å²) >= 11 is 6.24. The van der Waals surface area contributed by atoms with Crippen molar-refractivity contribution in [2.75, 3.05) is 14.2 Å². The second kappa shape index (κ2) is 6.37. The van der Waals surface area contributed by atoms with Crippen LogP contribution in [0.1, 0.15) is 28.4 Å². The third kappa shape index (κ3) is 2.99. The number of aryl methyl sites for hydroxylation is 2. The molecule has 0 aliphatic carbocycles. The molecule has 0 aliphatic rings. The van der Waals surface area contributed by atoms with E-state index in [0.29, 0.717) is 16.3 Å². The lowest BCUT2D eigenvalue weighted by molar-refractivity contribution is 0.214. The minimum atomic E-state index is -0.849. The van der Waals surface area contributed by atoms with Crippen molar-refractivity contribution in [3.05, 3.63) is 57.6 Å². The van der Waals surface area contributed by atoms with Crippen molar-refractivity contribution >= 4 is 11.6 Å². The lowest BCUT2D eigenvalue weighted by Crippen LogP contribution is -2.06. The van der Waals surface area contributed by atoms with E-state index in [4.69, 9.17) is 21.1 Å². The fourth-order valence-electron chi connectivity index (χ4n) is 2.44. The lowest BCUT2D eigenvalue weighted by atomic mass is 9.94. The van der Waals surface area contributed by atoms with Gasteiger partial charge in [-0.05, 0) is 54.8 Å². The van der Waals surface area contributed by atoms with Gasteiger partial charge >= 0.3 is 0 Å². The molecule has 0 aromatic heterocycles. The van der Waals surface area contributed by atoms with E-state index in [0.717, 1.165) is 22.4 Å². The van der Waals surface area contributed by atoms with Gasteiger partial charge < -0.3 is 14.6 Å². The first-order valence-corrected chi connectivity index (χ1v) is 7.03. The predicted molar refractivity (Wildman–Crippen MR) is 84.5 cm³/mol. The molecule has 0 bridgehead atoms.